The van der Waals surface area contributed by atoms with Gasteiger partial charge in [0.05, 0.1) is 5.69 Å². The Labute approximate surface area is 138 Å². The van der Waals surface area contributed by atoms with Crippen LogP contribution in [0, 0.1) is 20.8 Å². The molecule has 126 valence electrons. The van der Waals surface area contributed by atoms with E-state index in [0.29, 0.717) is 35.3 Å². The van der Waals surface area contributed by atoms with Crippen LogP contribution in [0.1, 0.15) is 29.5 Å². The number of amides is 1. The van der Waals surface area contributed by atoms with Crippen LogP contribution >= 0.6 is 0 Å². The molecule has 0 aliphatic rings. The van der Waals surface area contributed by atoms with Gasteiger partial charge in [0.1, 0.15) is 17.1 Å². The van der Waals surface area contributed by atoms with Crippen molar-refractivity contribution < 1.29 is 13.7 Å². The Kier molecular flexibility index (Phi) is 4.15. The summed E-state index contributed by atoms with van der Waals surface area (Å²) in [4.78, 5) is 12.0. The Balaban J connectivity index is 1.61. The lowest BCUT2D eigenvalue weighted by Gasteiger charge is -2.02. The van der Waals surface area contributed by atoms with Crippen molar-refractivity contribution in [2.24, 2.45) is 7.05 Å². The monoisotopic (exact) mass is 330 g/mol. The van der Waals surface area contributed by atoms with Crippen molar-refractivity contribution in [2.45, 2.75) is 33.6 Å². The Morgan fingerprint density at radius 2 is 2.08 bits per heavy atom. The number of carbonyl (C=O) groups excluding carboxylic acids is 1. The molecule has 3 heterocycles. The van der Waals surface area contributed by atoms with Crippen molar-refractivity contribution in [2.75, 3.05) is 5.32 Å². The van der Waals surface area contributed by atoms with Crippen LogP contribution in [0.15, 0.2) is 15.0 Å². The topological polar surface area (TPSA) is 112 Å². The maximum atomic E-state index is 12.0. The first-order valence-electron chi connectivity index (χ1n) is 7.50. The molecule has 0 spiro atoms. The van der Waals surface area contributed by atoms with Gasteiger partial charge in [0.2, 0.25) is 11.8 Å². The number of anilines is 1. The summed E-state index contributed by atoms with van der Waals surface area (Å²) in [7, 11) is 1.81. The van der Waals surface area contributed by atoms with Crippen LogP contribution in [-0.2, 0) is 18.3 Å². The molecule has 0 aliphatic carbocycles. The number of aryl methyl sites for hydroxylation is 5. The third kappa shape index (κ3) is 3.19. The van der Waals surface area contributed by atoms with E-state index < -0.39 is 0 Å². The number of hydrogen-bond donors (Lipinski definition) is 1. The van der Waals surface area contributed by atoms with E-state index in [1.807, 2.05) is 20.0 Å². The number of aromatic nitrogens is 5. The first kappa shape index (κ1) is 15.9. The summed E-state index contributed by atoms with van der Waals surface area (Å²) in [6.07, 6.45) is 0.565. The van der Waals surface area contributed by atoms with Crippen LogP contribution in [0.25, 0.3) is 11.6 Å². The van der Waals surface area contributed by atoms with Crippen LogP contribution in [-0.4, -0.2) is 31.0 Å². The third-order valence-electron chi connectivity index (χ3n) is 3.55. The van der Waals surface area contributed by atoms with E-state index >= 15 is 0 Å². The predicted molar refractivity (Wildman–Crippen MR) is 84.2 cm³/mol. The first-order chi connectivity index (χ1) is 11.4. The van der Waals surface area contributed by atoms with Crippen LogP contribution in [0.5, 0.6) is 0 Å². The number of nitrogens with zero attached hydrogens (tertiary/aromatic N) is 5. The SMILES string of the molecule is Cc1cc(-c2nnc(CCC(=O)Nc3c(C)noc3C)o2)n(C)n1. The zero-order valence-corrected chi connectivity index (χ0v) is 14.0. The van der Waals surface area contributed by atoms with Crippen LogP contribution in [0.3, 0.4) is 0 Å². The van der Waals surface area contributed by atoms with Gasteiger partial charge in [-0.25, -0.2) is 0 Å². The third-order valence-corrected chi connectivity index (χ3v) is 3.55. The van der Waals surface area contributed by atoms with Crippen LogP contribution < -0.4 is 5.32 Å². The molecule has 9 heteroatoms. The van der Waals surface area contributed by atoms with Crippen molar-refractivity contribution >= 4 is 11.6 Å². The highest BCUT2D eigenvalue weighted by Crippen LogP contribution is 2.20. The van der Waals surface area contributed by atoms with E-state index in [-0.39, 0.29) is 12.3 Å². The predicted octanol–water partition coefficient (Wildman–Crippen LogP) is 1.95. The molecule has 24 heavy (non-hydrogen) atoms. The fraction of sp³-hybridized carbons (Fsp3) is 0.400. The molecule has 9 nitrogen and oxygen atoms in total. The minimum absolute atomic E-state index is 0.166. The fourth-order valence-corrected chi connectivity index (χ4v) is 2.35. The van der Waals surface area contributed by atoms with Gasteiger partial charge < -0.3 is 14.3 Å². The molecular formula is C15H18N6O3. The van der Waals surface area contributed by atoms with Gasteiger partial charge in [0.15, 0.2) is 5.76 Å². The van der Waals surface area contributed by atoms with Gasteiger partial charge in [0.25, 0.3) is 5.89 Å². The zero-order valence-electron chi connectivity index (χ0n) is 14.0. The first-order valence-corrected chi connectivity index (χ1v) is 7.50. The lowest BCUT2D eigenvalue weighted by molar-refractivity contribution is -0.116. The summed E-state index contributed by atoms with van der Waals surface area (Å²) >= 11 is 0. The van der Waals surface area contributed by atoms with E-state index in [9.17, 15) is 4.79 Å². The average Bonchev–Trinajstić information content (AvgIpc) is 3.21. The van der Waals surface area contributed by atoms with Gasteiger partial charge in [0, 0.05) is 19.9 Å². The second kappa shape index (κ2) is 6.26. The Bertz CT molecular complexity index is 856. The smallest absolute Gasteiger partial charge is 0.265 e. The summed E-state index contributed by atoms with van der Waals surface area (Å²) in [5.74, 6) is 1.20. The molecule has 0 atom stereocenters. The van der Waals surface area contributed by atoms with Crippen molar-refractivity contribution in [3.8, 4) is 11.6 Å². The molecular weight excluding hydrogens is 312 g/mol. The summed E-state index contributed by atoms with van der Waals surface area (Å²) in [5.41, 5.74) is 2.86. The fourth-order valence-electron chi connectivity index (χ4n) is 2.35. The van der Waals surface area contributed by atoms with Gasteiger partial charge in [-0.1, -0.05) is 5.16 Å². The standard InChI is InChI=1S/C15H18N6O3/c1-8-7-11(21(4)19-8)15-18-17-13(23-15)6-5-12(22)16-14-9(2)20-24-10(14)3/h7H,5-6H2,1-4H3,(H,16,22). The molecule has 3 aromatic heterocycles. The molecule has 0 unspecified atom stereocenters. The highest BCUT2D eigenvalue weighted by molar-refractivity contribution is 5.91. The lowest BCUT2D eigenvalue weighted by Crippen LogP contribution is -2.13. The highest BCUT2D eigenvalue weighted by atomic mass is 16.5. The van der Waals surface area contributed by atoms with Crippen LogP contribution in [0.4, 0.5) is 5.69 Å². The minimum Gasteiger partial charge on any atom is -0.419 e. The Morgan fingerprint density at radius 1 is 1.29 bits per heavy atom. The quantitative estimate of drug-likeness (QED) is 0.761. The van der Waals surface area contributed by atoms with E-state index in [0.717, 1.165) is 11.4 Å². The lowest BCUT2D eigenvalue weighted by atomic mass is 10.2. The van der Waals surface area contributed by atoms with Gasteiger partial charge >= 0.3 is 0 Å². The number of hydrogen-bond acceptors (Lipinski definition) is 7. The van der Waals surface area contributed by atoms with Gasteiger partial charge in [-0.2, -0.15) is 5.10 Å². The second-order valence-corrected chi connectivity index (χ2v) is 5.54. The van der Waals surface area contributed by atoms with E-state index in [1.54, 1.807) is 18.5 Å². The van der Waals surface area contributed by atoms with Gasteiger partial charge in [-0.3, -0.25) is 9.48 Å². The molecule has 0 aromatic carbocycles. The molecule has 3 rings (SSSR count). The Morgan fingerprint density at radius 3 is 2.71 bits per heavy atom. The second-order valence-electron chi connectivity index (χ2n) is 5.54. The molecule has 0 saturated heterocycles. The molecule has 0 fully saturated rings. The van der Waals surface area contributed by atoms with E-state index in [1.165, 1.54) is 0 Å². The normalized spacial score (nSPS) is 11.0. The molecule has 3 aromatic rings. The van der Waals surface area contributed by atoms with Crippen molar-refractivity contribution in [1.29, 1.82) is 0 Å². The average molecular weight is 330 g/mol. The van der Waals surface area contributed by atoms with E-state index in [2.05, 4.69) is 25.8 Å². The molecule has 0 aliphatic heterocycles. The minimum atomic E-state index is -0.166. The summed E-state index contributed by atoms with van der Waals surface area (Å²) in [6.45, 7) is 5.40. The largest absolute Gasteiger partial charge is 0.419 e. The molecule has 0 saturated carbocycles. The zero-order chi connectivity index (χ0) is 17.3. The van der Waals surface area contributed by atoms with Gasteiger partial charge in [-0.15, -0.1) is 10.2 Å². The number of rotatable bonds is 5. The maximum Gasteiger partial charge on any atom is 0.265 e. The molecule has 0 bridgehead atoms. The van der Waals surface area contributed by atoms with E-state index in [4.69, 9.17) is 8.94 Å². The summed E-state index contributed by atoms with van der Waals surface area (Å²) < 4.78 is 12.3. The molecule has 0 radical (unpaired) electrons. The summed E-state index contributed by atoms with van der Waals surface area (Å²) in [6, 6.07) is 1.86. The van der Waals surface area contributed by atoms with Crippen molar-refractivity contribution in [1.82, 2.24) is 25.1 Å². The van der Waals surface area contributed by atoms with Gasteiger partial charge in [-0.05, 0) is 26.8 Å². The number of carbonyl (C=O) groups is 1. The van der Waals surface area contributed by atoms with Crippen molar-refractivity contribution in [3.63, 3.8) is 0 Å². The molecule has 1 amide bonds. The highest BCUT2D eigenvalue weighted by Gasteiger charge is 2.16. The van der Waals surface area contributed by atoms with Crippen molar-refractivity contribution in [3.05, 3.63) is 29.1 Å². The van der Waals surface area contributed by atoms with Crippen LogP contribution in [0.2, 0.25) is 0 Å². The summed E-state index contributed by atoms with van der Waals surface area (Å²) in [5, 5.41) is 18.8. The molecule has 1 N–H and O–H groups in total. The maximum absolute atomic E-state index is 12.0. The number of nitrogens with one attached hydrogen (secondary N) is 1. The Hall–Kier alpha value is -2.97.